The van der Waals surface area contributed by atoms with E-state index in [1.807, 2.05) is 30.3 Å². The fourth-order valence-electron chi connectivity index (χ4n) is 1.14. The lowest BCUT2D eigenvalue weighted by atomic mass is 10.1. The molecule has 0 aliphatic heterocycles. The van der Waals surface area contributed by atoms with Crippen LogP contribution in [0.2, 0.25) is 0 Å². The maximum Gasteiger partial charge on any atom is 0.164 e. The number of hydrogen-bond acceptors (Lipinski definition) is 3. The molecule has 1 rings (SSSR count). The van der Waals surface area contributed by atoms with Gasteiger partial charge in [-0.15, -0.1) is 0 Å². The van der Waals surface area contributed by atoms with E-state index in [-0.39, 0.29) is 5.78 Å². The highest BCUT2D eigenvalue weighted by Gasteiger charge is 2.03. The van der Waals surface area contributed by atoms with Crippen LogP contribution in [0.15, 0.2) is 30.3 Å². The van der Waals surface area contributed by atoms with Crippen molar-refractivity contribution >= 4 is 5.78 Å². The molecule has 0 amide bonds. The Morgan fingerprint density at radius 2 is 2.07 bits per heavy atom. The third-order valence-electron chi connectivity index (χ3n) is 1.87. The van der Waals surface area contributed by atoms with Crippen LogP contribution in [0.1, 0.15) is 16.8 Å². The van der Waals surface area contributed by atoms with Gasteiger partial charge in [0.05, 0.1) is 6.73 Å². The summed E-state index contributed by atoms with van der Waals surface area (Å²) >= 11 is 0. The van der Waals surface area contributed by atoms with E-state index in [1.165, 1.54) is 0 Å². The maximum absolute atomic E-state index is 11.5. The van der Waals surface area contributed by atoms with Gasteiger partial charge in [-0.05, 0) is 0 Å². The van der Waals surface area contributed by atoms with Gasteiger partial charge in [0.1, 0.15) is 0 Å². The average Bonchev–Trinajstić information content (AvgIpc) is 2.25. The maximum atomic E-state index is 11.5. The molecule has 0 aliphatic carbocycles. The zero-order valence-electron chi connectivity index (χ0n) is 8.32. The summed E-state index contributed by atoms with van der Waals surface area (Å²) in [6.07, 6.45) is 0.507. The Bertz CT molecular complexity index is 272. The van der Waals surface area contributed by atoms with Gasteiger partial charge in [-0.2, -0.15) is 0 Å². The lowest BCUT2D eigenvalue weighted by Gasteiger charge is -2.02. The summed E-state index contributed by atoms with van der Waals surface area (Å²) in [5, 5.41) is 2.99. The molecule has 0 aromatic heterocycles. The van der Waals surface area contributed by atoms with E-state index in [1.54, 1.807) is 7.11 Å². The van der Waals surface area contributed by atoms with Crippen LogP contribution in [0.4, 0.5) is 0 Å². The normalized spacial score (nSPS) is 10.1. The molecule has 0 saturated heterocycles. The molecule has 0 heterocycles. The Morgan fingerprint density at radius 1 is 1.36 bits per heavy atom. The van der Waals surface area contributed by atoms with Crippen LogP contribution in [-0.4, -0.2) is 26.2 Å². The molecular formula is C11H15NO2. The molecular weight excluding hydrogens is 178 g/mol. The highest BCUT2D eigenvalue weighted by Crippen LogP contribution is 2.01. The van der Waals surface area contributed by atoms with Gasteiger partial charge in [0.15, 0.2) is 5.78 Å². The summed E-state index contributed by atoms with van der Waals surface area (Å²) in [5.74, 6) is 0.161. The molecule has 76 valence electrons. The number of nitrogens with one attached hydrogen (secondary N) is 1. The smallest absolute Gasteiger partial charge is 0.164 e. The van der Waals surface area contributed by atoms with Gasteiger partial charge in [0, 0.05) is 25.6 Å². The monoisotopic (exact) mass is 193 g/mol. The molecule has 1 aromatic rings. The minimum Gasteiger partial charge on any atom is -0.370 e. The van der Waals surface area contributed by atoms with Crippen molar-refractivity contribution in [2.24, 2.45) is 0 Å². The predicted molar refractivity (Wildman–Crippen MR) is 55.3 cm³/mol. The number of benzene rings is 1. The number of ether oxygens (including phenoxy) is 1. The SMILES string of the molecule is COCNCCC(=O)c1ccccc1. The minimum absolute atomic E-state index is 0.161. The average molecular weight is 193 g/mol. The largest absolute Gasteiger partial charge is 0.370 e. The zero-order valence-corrected chi connectivity index (χ0v) is 8.32. The number of hydrogen-bond donors (Lipinski definition) is 1. The third kappa shape index (κ3) is 3.68. The van der Waals surface area contributed by atoms with Gasteiger partial charge in [0.2, 0.25) is 0 Å². The molecule has 0 unspecified atom stereocenters. The first-order chi connectivity index (χ1) is 6.84. The van der Waals surface area contributed by atoms with Crippen molar-refractivity contribution in [1.29, 1.82) is 0 Å². The lowest BCUT2D eigenvalue weighted by Crippen LogP contribution is -2.20. The number of carbonyl (C=O) groups is 1. The molecule has 0 spiro atoms. The molecule has 1 N–H and O–H groups in total. The first-order valence-corrected chi connectivity index (χ1v) is 4.62. The first kappa shape index (κ1) is 10.9. The van der Waals surface area contributed by atoms with Crippen molar-refractivity contribution in [3.8, 4) is 0 Å². The quantitative estimate of drug-likeness (QED) is 0.422. The number of Topliss-reactive ketones (excluding diaryl/α,β-unsaturated/α-hetero) is 1. The fourth-order valence-corrected chi connectivity index (χ4v) is 1.14. The van der Waals surface area contributed by atoms with Crippen molar-refractivity contribution in [1.82, 2.24) is 5.32 Å². The van der Waals surface area contributed by atoms with Crippen LogP contribution in [0, 0.1) is 0 Å². The number of rotatable bonds is 6. The van der Waals surface area contributed by atoms with E-state index in [4.69, 9.17) is 4.74 Å². The van der Waals surface area contributed by atoms with Gasteiger partial charge in [-0.25, -0.2) is 0 Å². The van der Waals surface area contributed by atoms with E-state index in [0.29, 0.717) is 19.7 Å². The second-order valence-electron chi connectivity index (χ2n) is 2.97. The van der Waals surface area contributed by atoms with Crippen LogP contribution < -0.4 is 5.32 Å². The Labute approximate surface area is 84.1 Å². The van der Waals surface area contributed by atoms with Crippen LogP contribution in [0.5, 0.6) is 0 Å². The second-order valence-corrected chi connectivity index (χ2v) is 2.97. The van der Waals surface area contributed by atoms with Crippen LogP contribution in [0.25, 0.3) is 0 Å². The Balaban J connectivity index is 2.29. The number of ketones is 1. The molecule has 3 heteroatoms. The fraction of sp³-hybridized carbons (Fsp3) is 0.364. The molecule has 0 atom stereocenters. The van der Waals surface area contributed by atoms with Crippen LogP contribution in [-0.2, 0) is 4.74 Å². The minimum atomic E-state index is 0.161. The van der Waals surface area contributed by atoms with Gasteiger partial charge < -0.3 is 4.74 Å². The van der Waals surface area contributed by atoms with E-state index in [0.717, 1.165) is 5.56 Å². The van der Waals surface area contributed by atoms with Crippen LogP contribution in [0.3, 0.4) is 0 Å². The van der Waals surface area contributed by atoms with Gasteiger partial charge >= 0.3 is 0 Å². The first-order valence-electron chi connectivity index (χ1n) is 4.62. The van der Waals surface area contributed by atoms with E-state index < -0.39 is 0 Å². The number of carbonyl (C=O) groups excluding carboxylic acids is 1. The summed E-state index contributed by atoms with van der Waals surface area (Å²) in [6, 6.07) is 9.31. The standard InChI is InChI=1S/C11H15NO2/c1-14-9-12-8-7-11(13)10-5-3-2-4-6-10/h2-6,12H,7-9H2,1H3. The predicted octanol–water partition coefficient (Wildman–Crippen LogP) is 1.45. The summed E-state index contributed by atoms with van der Waals surface area (Å²) in [7, 11) is 1.62. The van der Waals surface area contributed by atoms with Crippen LogP contribution >= 0.6 is 0 Å². The van der Waals surface area contributed by atoms with E-state index >= 15 is 0 Å². The number of methoxy groups -OCH3 is 1. The Morgan fingerprint density at radius 3 is 2.71 bits per heavy atom. The summed E-state index contributed by atoms with van der Waals surface area (Å²) < 4.78 is 4.81. The second kappa shape index (κ2) is 6.29. The Hall–Kier alpha value is -1.19. The lowest BCUT2D eigenvalue weighted by molar-refractivity contribution is 0.0976. The zero-order chi connectivity index (χ0) is 10.2. The van der Waals surface area contributed by atoms with E-state index in [9.17, 15) is 4.79 Å². The molecule has 3 nitrogen and oxygen atoms in total. The van der Waals surface area contributed by atoms with Gasteiger partial charge in [-0.1, -0.05) is 30.3 Å². The van der Waals surface area contributed by atoms with Gasteiger partial charge in [-0.3, -0.25) is 10.1 Å². The highest BCUT2D eigenvalue weighted by molar-refractivity contribution is 5.96. The van der Waals surface area contributed by atoms with Crippen molar-refractivity contribution in [3.63, 3.8) is 0 Å². The van der Waals surface area contributed by atoms with Crippen molar-refractivity contribution in [2.45, 2.75) is 6.42 Å². The molecule has 0 saturated carbocycles. The molecule has 0 radical (unpaired) electrons. The molecule has 0 aliphatic rings. The van der Waals surface area contributed by atoms with Gasteiger partial charge in [0.25, 0.3) is 0 Å². The van der Waals surface area contributed by atoms with Crippen molar-refractivity contribution in [2.75, 3.05) is 20.4 Å². The molecule has 14 heavy (non-hydrogen) atoms. The summed E-state index contributed by atoms with van der Waals surface area (Å²) in [6.45, 7) is 1.14. The topological polar surface area (TPSA) is 38.3 Å². The summed E-state index contributed by atoms with van der Waals surface area (Å²) in [4.78, 5) is 11.5. The van der Waals surface area contributed by atoms with E-state index in [2.05, 4.69) is 5.32 Å². The molecule has 0 fully saturated rings. The third-order valence-corrected chi connectivity index (χ3v) is 1.87. The van der Waals surface area contributed by atoms with Crippen molar-refractivity contribution < 1.29 is 9.53 Å². The van der Waals surface area contributed by atoms with Crippen molar-refractivity contribution in [3.05, 3.63) is 35.9 Å². The molecule has 0 bridgehead atoms. The highest BCUT2D eigenvalue weighted by atomic mass is 16.5. The summed E-state index contributed by atoms with van der Waals surface area (Å²) in [5.41, 5.74) is 0.770. The Kier molecular flexibility index (Phi) is 4.89. The molecule has 1 aromatic carbocycles.